The van der Waals surface area contributed by atoms with Gasteiger partial charge in [0.05, 0.1) is 31.7 Å². The van der Waals surface area contributed by atoms with E-state index in [9.17, 15) is 9.59 Å². The molecule has 0 heterocycles. The van der Waals surface area contributed by atoms with Crippen molar-refractivity contribution in [2.24, 2.45) is 0 Å². The highest BCUT2D eigenvalue weighted by Gasteiger charge is 2.17. The van der Waals surface area contributed by atoms with Crippen molar-refractivity contribution in [3.8, 4) is 17.2 Å². The summed E-state index contributed by atoms with van der Waals surface area (Å²) in [5.74, 6) is 0.809. The van der Waals surface area contributed by atoms with Crippen LogP contribution in [0, 0.1) is 0 Å². The number of ether oxygens (including phenoxy) is 3. The van der Waals surface area contributed by atoms with Gasteiger partial charge < -0.3 is 24.8 Å². The summed E-state index contributed by atoms with van der Waals surface area (Å²) in [4.78, 5) is 25.5. The molecule has 0 radical (unpaired) electrons. The average molecular weight is 434 g/mol. The Morgan fingerprint density at radius 1 is 0.719 bits per heavy atom. The summed E-state index contributed by atoms with van der Waals surface area (Å²) in [6.07, 6.45) is 0. The van der Waals surface area contributed by atoms with E-state index in [2.05, 4.69) is 10.6 Å². The molecule has 3 aromatic carbocycles. The Morgan fingerprint density at radius 2 is 1.25 bits per heavy atom. The van der Waals surface area contributed by atoms with E-state index in [1.54, 1.807) is 67.8 Å². The molecule has 0 spiro atoms. The van der Waals surface area contributed by atoms with Gasteiger partial charge in [-0.05, 0) is 44.2 Å². The molecule has 0 aliphatic rings. The number of carbonyl (C=O) groups is 2. The topological polar surface area (TPSA) is 85.9 Å². The lowest BCUT2D eigenvalue weighted by atomic mass is 10.1. The normalized spacial score (nSPS) is 10.2. The standard InChI is InChI=1S/C25H26N2O5/c1-4-31-22-16-21(27-25(29)18-12-9-13-19(14-18)30-3)23(32-5-2)15-20(22)26-24(28)17-10-7-6-8-11-17/h6-16H,4-5H2,1-3H3,(H,26,28)(H,27,29). The smallest absolute Gasteiger partial charge is 0.255 e. The first-order valence-electron chi connectivity index (χ1n) is 10.3. The van der Waals surface area contributed by atoms with E-state index in [0.717, 1.165) is 0 Å². The second-order valence-corrected chi connectivity index (χ2v) is 6.72. The first kappa shape index (κ1) is 22.7. The van der Waals surface area contributed by atoms with Gasteiger partial charge in [0, 0.05) is 23.3 Å². The number of rotatable bonds is 9. The van der Waals surface area contributed by atoms with E-state index in [0.29, 0.717) is 53.0 Å². The second kappa shape index (κ2) is 10.9. The van der Waals surface area contributed by atoms with Crippen LogP contribution in [0.15, 0.2) is 66.7 Å². The van der Waals surface area contributed by atoms with Crippen molar-refractivity contribution in [1.29, 1.82) is 0 Å². The van der Waals surface area contributed by atoms with Crippen molar-refractivity contribution in [3.05, 3.63) is 77.9 Å². The summed E-state index contributed by atoms with van der Waals surface area (Å²) in [5, 5.41) is 5.73. The summed E-state index contributed by atoms with van der Waals surface area (Å²) in [7, 11) is 1.54. The minimum absolute atomic E-state index is 0.276. The molecule has 166 valence electrons. The van der Waals surface area contributed by atoms with Gasteiger partial charge in [0.25, 0.3) is 11.8 Å². The second-order valence-electron chi connectivity index (χ2n) is 6.72. The number of nitrogens with one attached hydrogen (secondary N) is 2. The summed E-state index contributed by atoms with van der Waals surface area (Å²) in [6.45, 7) is 4.44. The fourth-order valence-electron chi connectivity index (χ4n) is 3.05. The molecule has 0 atom stereocenters. The van der Waals surface area contributed by atoms with Gasteiger partial charge in [-0.1, -0.05) is 24.3 Å². The molecule has 0 aromatic heterocycles. The molecule has 32 heavy (non-hydrogen) atoms. The molecule has 7 nitrogen and oxygen atoms in total. The van der Waals surface area contributed by atoms with Crippen molar-refractivity contribution >= 4 is 23.2 Å². The number of hydrogen-bond acceptors (Lipinski definition) is 5. The van der Waals surface area contributed by atoms with Crippen molar-refractivity contribution in [1.82, 2.24) is 0 Å². The van der Waals surface area contributed by atoms with Crippen molar-refractivity contribution in [3.63, 3.8) is 0 Å². The Bertz CT molecular complexity index is 1080. The van der Waals surface area contributed by atoms with Crippen LogP contribution in [0.3, 0.4) is 0 Å². The summed E-state index contributed by atoms with van der Waals surface area (Å²) >= 11 is 0. The number of methoxy groups -OCH3 is 1. The van der Waals surface area contributed by atoms with Gasteiger partial charge in [0.15, 0.2) is 0 Å². The maximum absolute atomic E-state index is 12.8. The van der Waals surface area contributed by atoms with Gasteiger partial charge >= 0.3 is 0 Å². The van der Waals surface area contributed by atoms with E-state index in [1.165, 1.54) is 0 Å². The molecule has 0 aliphatic heterocycles. The Morgan fingerprint density at radius 3 is 1.78 bits per heavy atom. The maximum Gasteiger partial charge on any atom is 0.255 e. The lowest BCUT2D eigenvalue weighted by molar-refractivity contribution is 0.101. The Hall–Kier alpha value is -4.00. The number of carbonyl (C=O) groups excluding carboxylic acids is 2. The van der Waals surface area contributed by atoms with Gasteiger partial charge in [-0.3, -0.25) is 9.59 Å². The minimum Gasteiger partial charge on any atom is -0.497 e. The zero-order chi connectivity index (χ0) is 22.9. The molecule has 0 aliphatic carbocycles. The molecule has 0 unspecified atom stereocenters. The highest BCUT2D eigenvalue weighted by molar-refractivity contribution is 6.07. The number of benzene rings is 3. The molecular formula is C25H26N2O5. The van der Waals surface area contributed by atoms with Crippen LogP contribution < -0.4 is 24.8 Å². The third-order valence-electron chi connectivity index (χ3n) is 4.55. The molecule has 0 saturated heterocycles. The highest BCUT2D eigenvalue weighted by Crippen LogP contribution is 2.37. The monoisotopic (exact) mass is 434 g/mol. The molecular weight excluding hydrogens is 408 g/mol. The Kier molecular flexibility index (Phi) is 7.70. The van der Waals surface area contributed by atoms with E-state index < -0.39 is 0 Å². The van der Waals surface area contributed by atoms with Crippen molar-refractivity contribution in [2.75, 3.05) is 31.0 Å². The largest absolute Gasteiger partial charge is 0.497 e. The van der Waals surface area contributed by atoms with Gasteiger partial charge in [0.2, 0.25) is 0 Å². The molecule has 3 aromatic rings. The summed E-state index contributed by atoms with van der Waals surface area (Å²) in [5.41, 5.74) is 1.83. The molecule has 0 bridgehead atoms. The van der Waals surface area contributed by atoms with Crippen LogP contribution in [0.1, 0.15) is 34.6 Å². The van der Waals surface area contributed by atoms with Crippen LogP contribution >= 0.6 is 0 Å². The fourth-order valence-corrected chi connectivity index (χ4v) is 3.05. The maximum atomic E-state index is 12.8. The van der Waals surface area contributed by atoms with Crippen LogP contribution in [0.25, 0.3) is 0 Å². The SMILES string of the molecule is CCOc1cc(NC(=O)c2cccc(OC)c2)c(OCC)cc1NC(=O)c1ccccc1. The summed E-state index contributed by atoms with van der Waals surface area (Å²) in [6, 6.07) is 19.0. The molecule has 2 amide bonds. The van der Waals surface area contributed by atoms with Crippen LogP contribution in [0.2, 0.25) is 0 Å². The van der Waals surface area contributed by atoms with Crippen LogP contribution in [0.5, 0.6) is 17.2 Å². The van der Waals surface area contributed by atoms with Gasteiger partial charge in [0.1, 0.15) is 17.2 Å². The van der Waals surface area contributed by atoms with E-state index >= 15 is 0 Å². The number of anilines is 2. The first-order chi connectivity index (χ1) is 15.5. The van der Waals surface area contributed by atoms with Gasteiger partial charge in [-0.25, -0.2) is 0 Å². The average Bonchev–Trinajstić information content (AvgIpc) is 2.82. The van der Waals surface area contributed by atoms with Gasteiger partial charge in [-0.15, -0.1) is 0 Å². The molecule has 7 heteroatoms. The highest BCUT2D eigenvalue weighted by atomic mass is 16.5. The molecule has 2 N–H and O–H groups in total. The fraction of sp³-hybridized carbons (Fsp3) is 0.200. The predicted molar refractivity (Wildman–Crippen MR) is 124 cm³/mol. The third-order valence-corrected chi connectivity index (χ3v) is 4.55. The number of hydrogen-bond donors (Lipinski definition) is 2. The van der Waals surface area contributed by atoms with Crippen molar-refractivity contribution in [2.45, 2.75) is 13.8 Å². The van der Waals surface area contributed by atoms with Crippen LogP contribution in [-0.4, -0.2) is 32.1 Å². The minimum atomic E-state index is -0.326. The quantitative estimate of drug-likeness (QED) is 0.495. The predicted octanol–water partition coefficient (Wildman–Crippen LogP) is 5.00. The van der Waals surface area contributed by atoms with E-state index in [-0.39, 0.29) is 11.8 Å². The van der Waals surface area contributed by atoms with Crippen LogP contribution in [-0.2, 0) is 0 Å². The summed E-state index contributed by atoms with van der Waals surface area (Å²) < 4.78 is 16.7. The molecule has 3 rings (SSSR count). The van der Waals surface area contributed by atoms with E-state index in [1.807, 2.05) is 19.9 Å². The molecule has 0 saturated carbocycles. The van der Waals surface area contributed by atoms with Crippen LogP contribution in [0.4, 0.5) is 11.4 Å². The zero-order valence-electron chi connectivity index (χ0n) is 18.3. The Balaban J connectivity index is 1.92. The lowest BCUT2D eigenvalue weighted by Gasteiger charge is -2.18. The Labute approximate surface area is 187 Å². The lowest BCUT2D eigenvalue weighted by Crippen LogP contribution is -2.15. The van der Waals surface area contributed by atoms with E-state index in [4.69, 9.17) is 14.2 Å². The molecule has 0 fully saturated rings. The van der Waals surface area contributed by atoms with Gasteiger partial charge in [-0.2, -0.15) is 0 Å². The third kappa shape index (κ3) is 5.57. The first-order valence-corrected chi connectivity index (χ1v) is 10.3. The zero-order valence-corrected chi connectivity index (χ0v) is 18.3. The number of amides is 2. The van der Waals surface area contributed by atoms with Crippen molar-refractivity contribution < 1.29 is 23.8 Å².